The largest absolute Gasteiger partial charge is 0.485 e. The fourth-order valence-corrected chi connectivity index (χ4v) is 1.27. The van der Waals surface area contributed by atoms with Crippen molar-refractivity contribution in [2.24, 2.45) is 0 Å². The highest BCUT2D eigenvalue weighted by Crippen LogP contribution is 2.27. The molecule has 0 unspecified atom stereocenters. The Balaban J connectivity index is 2.86. The smallest absolute Gasteiger partial charge is 0.256 e. The Labute approximate surface area is 103 Å². The average Bonchev–Trinajstić information content (AvgIpc) is 2.24. The van der Waals surface area contributed by atoms with Crippen molar-refractivity contribution in [2.45, 2.75) is 39.2 Å². The van der Waals surface area contributed by atoms with Crippen molar-refractivity contribution in [1.29, 1.82) is 0 Å². The summed E-state index contributed by atoms with van der Waals surface area (Å²) >= 11 is 0. The van der Waals surface area contributed by atoms with Gasteiger partial charge in [0.2, 0.25) is 0 Å². The summed E-state index contributed by atoms with van der Waals surface area (Å²) in [4.78, 5) is 4.36. The zero-order valence-electron chi connectivity index (χ0n) is 11.2. The standard InChI is InChI=1S/C13H21NO3/c1-9(2)10-6-7-11(12(14-10)16-5)17-8-13(3,4)15/h6-7,9,15H,8H2,1-5H3. The summed E-state index contributed by atoms with van der Waals surface area (Å²) in [6.07, 6.45) is 0. The molecule has 96 valence electrons. The number of hydrogen-bond donors (Lipinski definition) is 1. The topological polar surface area (TPSA) is 51.6 Å². The monoisotopic (exact) mass is 239 g/mol. The number of aliphatic hydroxyl groups is 1. The predicted octanol–water partition coefficient (Wildman–Crippen LogP) is 2.36. The molecule has 1 rings (SSSR count). The van der Waals surface area contributed by atoms with E-state index in [1.54, 1.807) is 21.0 Å². The maximum absolute atomic E-state index is 9.60. The van der Waals surface area contributed by atoms with Crippen LogP contribution in [-0.2, 0) is 0 Å². The van der Waals surface area contributed by atoms with Crippen molar-refractivity contribution in [3.8, 4) is 11.6 Å². The van der Waals surface area contributed by atoms with Crippen LogP contribution in [0, 0.1) is 0 Å². The first-order valence-electron chi connectivity index (χ1n) is 5.73. The molecule has 0 saturated heterocycles. The Kier molecular flexibility index (Phi) is 4.34. The highest BCUT2D eigenvalue weighted by Gasteiger charge is 2.16. The van der Waals surface area contributed by atoms with E-state index in [1.165, 1.54) is 0 Å². The van der Waals surface area contributed by atoms with Crippen LogP contribution in [0.3, 0.4) is 0 Å². The minimum atomic E-state index is -0.873. The van der Waals surface area contributed by atoms with Crippen molar-refractivity contribution in [3.05, 3.63) is 17.8 Å². The van der Waals surface area contributed by atoms with E-state index in [1.807, 2.05) is 12.1 Å². The van der Waals surface area contributed by atoms with Crippen LogP contribution in [0.15, 0.2) is 12.1 Å². The fraction of sp³-hybridized carbons (Fsp3) is 0.615. The first kappa shape index (κ1) is 13.8. The van der Waals surface area contributed by atoms with Crippen LogP contribution in [0.4, 0.5) is 0 Å². The minimum Gasteiger partial charge on any atom is -0.485 e. The molecule has 0 aromatic carbocycles. The Hall–Kier alpha value is -1.29. The van der Waals surface area contributed by atoms with E-state index in [0.29, 0.717) is 17.5 Å². The van der Waals surface area contributed by atoms with Gasteiger partial charge < -0.3 is 14.6 Å². The van der Waals surface area contributed by atoms with Gasteiger partial charge in [-0.15, -0.1) is 0 Å². The maximum Gasteiger partial charge on any atom is 0.256 e. The molecule has 0 spiro atoms. The van der Waals surface area contributed by atoms with E-state index < -0.39 is 5.60 Å². The second-order valence-corrected chi connectivity index (χ2v) is 5.00. The molecule has 0 bridgehead atoms. The predicted molar refractivity (Wildman–Crippen MR) is 66.7 cm³/mol. The summed E-state index contributed by atoms with van der Waals surface area (Å²) in [6, 6.07) is 3.74. The van der Waals surface area contributed by atoms with Crippen LogP contribution in [-0.4, -0.2) is 29.4 Å². The number of ether oxygens (including phenoxy) is 2. The highest BCUT2D eigenvalue weighted by molar-refractivity contribution is 5.35. The summed E-state index contributed by atoms with van der Waals surface area (Å²) in [6.45, 7) is 7.72. The molecule has 1 N–H and O–H groups in total. The molecule has 17 heavy (non-hydrogen) atoms. The molecule has 1 aromatic rings. The Morgan fingerprint density at radius 1 is 1.35 bits per heavy atom. The number of pyridine rings is 1. The summed E-state index contributed by atoms with van der Waals surface area (Å²) in [5.74, 6) is 1.35. The highest BCUT2D eigenvalue weighted by atomic mass is 16.5. The van der Waals surface area contributed by atoms with Gasteiger partial charge in [-0.3, -0.25) is 0 Å². The zero-order valence-corrected chi connectivity index (χ0v) is 11.2. The van der Waals surface area contributed by atoms with Crippen molar-refractivity contribution in [1.82, 2.24) is 4.98 Å². The summed E-state index contributed by atoms with van der Waals surface area (Å²) in [5, 5.41) is 9.60. The molecule has 1 aromatic heterocycles. The summed E-state index contributed by atoms with van der Waals surface area (Å²) in [7, 11) is 1.56. The zero-order chi connectivity index (χ0) is 13.1. The number of hydrogen-bond acceptors (Lipinski definition) is 4. The van der Waals surface area contributed by atoms with Gasteiger partial charge in [-0.25, -0.2) is 4.98 Å². The van der Waals surface area contributed by atoms with Gasteiger partial charge >= 0.3 is 0 Å². The number of aromatic nitrogens is 1. The van der Waals surface area contributed by atoms with Crippen LogP contribution in [0.5, 0.6) is 11.6 Å². The molecule has 0 atom stereocenters. The van der Waals surface area contributed by atoms with Gasteiger partial charge in [0, 0.05) is 5.69 Å². The lowest BCUT2D eigenvalue weighted by atomic mass is 10.1. The lowest BCUT2D eigenvalue weighted by Gasteiger charge is -2.19. The molecule has 0 saturated carbocycles. The van der Waals surface area contributed by atoms with Gasteiger partial charge in [-0.1, -0.05) is 13.8 Å². The molecular formula is C13H21NO3. The second-order valence-electron chi connectivity index (χ2n) is 5.00. The van der Waals surface area contributed by atoms with Gasteiger partial charge in [-0.2, -0.15) is 0 Å². The quantitative estimate of drug-likeness (QED) is 0.857. The molecule has 4 nitrogen and oxygen atoms in total. The van der Waals surface area contributed by atoms with Gasteiger partial charge in [-0.05, 0) is 31.9 Å². The summed E-state index contributed by atoms with van der Waals surface area (Å²) in [5.41, 5.74) is 0.0827. The van der Waals surface area contributed by atoms with Crippen molar-refractivity contribution >= 4 is 0 Å². The van der Waals surface area contributed by atoms with Gasteiger partial charge in [0.25, 0.3) is 5.88 Å². The lowest BCUT2D eigenvalue weighted by Crippen LogP contribution is -2.28. The molecule has 0 fully saturated rings. The first-order valence-corrected chi connectivity index (χ1v) is 5.73. The molecule has 0 aliphatic carbocycles. The third kappa shape index (κ3) is 4.23. The van der Waals surface area contributed by atoms with Crippen LogP contribution in [0.1, 0.15) is 39.3 Å². The maximum atomic E-state index is 9.60. The molecule has 0 aliphatic heterocycles. The van der Waals surface area contributed by atoms with Gasteiger partial charge in [0.15, 0.2) is 5.75 Å². The van der Waals surface area contributed by atoms with Crippen LogP contribution < -0.4 is 9.47 Å². The van der Waals surface area contributed by atoms with Crippen molar-refractivity contribution < 1.29 is 14.6 Å². The van der Waals surface area contributed by atoms with E-state index in [4.69, 9.17) is 9.47 Å². The normalized spacial score (nSPS) is 11.7. The van der Waals surface area contributed by atoms with E-state index in [2.05, 4.69) is 18.8 Å². The molecule has 0 amide bonds. The third-order valence-corrected chi connectivity index (χ3v) is 2.21. The Bertz CT molecular complexity index is 369. The summed E-state index contributed by atoms with van der Waals surface area (Å²) < 4.78 is 10.7. The lowest BCUT2D eigenvalue weighted by molar-refractivity contribution is 0.0274. The van der Waals surface area contributed by atoms with E-state index in [-0.39, 0.29) is 6.61 Å². The number of rotatable bonds is 5. The minimum absolute atomic E-state index is 0.200. The SMILES string of the molecule is COc1nc(C(C)C)ccc1OCC(C)(C)O. The third-order valence-electron chi connectivity index (χ3n) is 2.21. The van der Waals surface area contributed by atoms with Gasteiger partial charge in [0.1, 0.15) is 6.61 Å². The van der Waals surface area contributed by atoms with Gasteiger partial charge in [0.05, 0.1) is 12.7 Å². The molecule has 0 aliphatic rings. The van der Waals surface area contributed by atoms with E-state index >= 15 is 0 Å². The van der Waals surface area contributed by atoms with E-state index in [0.717, 1.165) is 5.69 Å². The van der Waals surface area contributed by atoms with Crippen LogP contribution in [0.25, 0.3) is 0 Å². The molecule has 0 radical (unpaired) electrons. The Morgan fingerprint density at radius 3 is 2.47 bits per heavy atom. The number of nitrogens with zero attached hydrogens (tertiary/aromatic N) is 1. The van der Waals surface area contributed by atoms with E-state index in [9.17, 15) is 5.11 Å². The molecular weight excluding hydrogens is 218 g/mol. The van der Waals surface area contributed by atoms with Crippen LogP contribution >= 0.6 is 0 Å². The average molecular weight is 239 g/mol. The Morgan fingerprint density at radius 2 is 2.00 bits per heavy atom. The van der Waals surface area contributed by atoms with Crippen molar-refractivity contribution in [2.75, 3.05) is 13.7 Å². The molecule has 1 heterocycles. The van der Waals surface area contributed by atoms with Crippen molar-refractivity contribution in [3.63, 3.8) is 0 Å². The first-order chi connectivity index (χ1) is 7.83. The fourth-order valence-electron chi connectivity index (χ4n) is 1.27. The number of methoxy groups -OCH3 is 1. The van der Waals surface area contributed by atoms with Crippen LogP contribution in [0.2, 0.25) is 0 Å². The molecule has 4 heteroatoms. The second kappa shape index (κ2) is 5.36.